The molecule has 3 heteroatoms. The second-order valence-corrected chi connectivity index (χ2v) is 6.80. The molecule has 2 atom stereocenters. The lowest BCUT2D eigenvalue weighted by molar-refractivity contribution is -0.139. The zero-order chi connectivity index (χ0) is 17.5. The van der Waals surface area contributed by atoms with Crippen molar-refractivity contribution < 1.29 is 14.6 Å². The maximum atomic E-state index is 11.5. The first-order valence-corrected chi connectivity index (χ1v) is 8.28. The highest BCUT2D eigenvalue weighted by molar-refractivity contribution is 5.77. The van der Waals surface area contributed by atoms with E-state index < -0.39 is 5.60 Å². The van der Waals surface area contributed by atoms with E-state index >= 15 is 0 Å². The third kappa shape index (κ3) is 7.47. The third-order valence-electron chi connectivity index (χ3n) is 3.99. The lowest BCUT2D eigenvalue weighted by atomic mass is 9.98. The number of aliphatic hydroxyl groups is 1. The van der Waals surface area contributed by atoms with Gasteiger partial charge in [0, 0.05) is 0 Å². The number of rotatable bonds is 8. The Bertz CT molecular complexity index is 517. The van der Waals surface area contributed by atoms with Crippen molar-refractivity contribution in [2.75, 3.05) is 0 Å². The van der Waals surface area contributed by atoms with E-state index in [1.54, 1.807) is 13.0 Å². The highest BCUT2D eigenvalue weighted by Gasteiger charge is 2.26. The van der Waals surface area contributed by atoms with Crippen molar-refractivity contribution in [3.8, 4) is 0 Å². The second kappa shape index (κ2) is 8.88. The van der Waals surface area contributed by atoms with Gasteiger partial charge in [0.05, 0.1) is 12.0 Å². The number of esters is 1. The van der Waals surface area contributed by atoms with Gasteiger partial charge in [-0.15, -0.1) is 6.58 Å². The van der Waals surface area contributed by atoms with Crippen molar-refractivity contribution in [2.24, 2.45) is 0 Å². The topological polar surface area (TPSA) is 46.5 Å². The molecule has 1 aliphatic rings. The van der Waals surface area contributed by atoms with Gasteiger partial charge in [0.2, 0.25) is 0 Å². The van der Waals surface area contributed by atoms with Crippen molar-refractivity contribution in [3.05, 3.63) is 47.6 Å². The minimum absolute atomic E-state index is 0.141. The van der Waals surface area contributed by atoms with Gasteiger partial charge in [0.1, 0.15) is 6.10 Å². The van der Waals surface area contributed by atoms with Crippen LogP contribution in [0.25, 0.3) is 0 Å². The Hall–Kier alpha value is -1.61. The smallest absolute Gasteiger partial charge is 0.310 e. The lowest BCUT2D eigenvalue weighted by Gasteiger charge is -2.16. The molecule has 1 heterocycles. The monoisotopic (exact) mass is 318 g/mol. The van der Waals surface area contributed by atoms with Gasteiger partial charge in [-0.3, -0.25) is 4.79 Å². The molecule has 3 nitrogen and oxygen atoms in total. The number of cyclic esters (lactones) is 1. The third-order valence-corrected chi connectivity index (χ3v) is 3.99. The Kier molecular flexibility index (Phi) is 7.50. The van der Waals surface area contributed by atoms with Gasteiger partial charge in [0.15, 0.2) is 0 Å². The summed E-state index contributed by atoms with van der Waals surface area (Å²) in [4.78, 5) is 11.5. The molecule has 0 saturated carbocycles. The van der Waals surface area contributed by atoms with E-state index in [1.165, 1.54) is 5.57 Å². The zero-order valence-corrected chi connectivity index (χ0v) is 14.9. The van der Waals surface area contributed by atoms with Gasteiger partial charge in [-0.1, -0.05) is 29.4 Å². The molecule has 0 bridgehead atoms. The molecule has 23 heavy (non-hydrogen) atoms. The van der Waals surface area contributed by atoms with Crippen LogP contribution in [0.5, 0.6) is 0 Å². The Balaban J connectivity index is 2.49. The highest BCUT2D eigenvalue weighted by atomic mass is 16.5. The summed E-state index contributed by atoms with van der Waals surface area (Å²) in [6.45, 7) is 11.5. The standard InChI is InChI=1S/C20H30O3/c1-6-20(5,22)12-8-10-16(4)9-7-11-17-14-19(21)23-18(17)13-15(2)3/h6,10-11,13,18,22H,1,7-9,12,14H2,2-5H3/t18-,20+/m0/s1. The quantitative estimate of drug-likeness (QED) is 0.524. The van der Waals surface area contributed by atoms with Crippen LogP contribution in [0.1, 0.15) is 59.8 Å². The number of carbonyl (C=O) groups is 1. The number of allylic oxidation sites excluding steroid dienone is 4. The normalized spacial score (nSPS) is 22.7. The summed E-state index contributed by atoms with van der Waals surface area (Å²) in [5, 5.41) is 9.87. The van der Waals surface area contributed by atoms with Gasteiger partial charge in [-0.25, -0.2) is 0 Å². The van der Waals surface area contributed by atoms with E-state index in [9.17, 15) is 9.90 Å². The molecule has 1 fully saturated rings. The van der Waals surface area contributed by atoms with E-state index in [0.717, 1.165) is 30.4 Å². The van der Waals surface area contributed by atoms with Crippen LogP contribution >= 0.6 is 0 Å². The van der Waals surface area contributed by atoms with Crippen LogP contribution in [-0.4, -0.2) is 22.8 Å². The Labute approximate surface area is 140 Å². The van der Waals surface area contributed by atoms with Crippen molar-refractivity contribution in [1.82, 2.24) is 0 Å². The fraction of sp³-hybridized carbons (Fsp3) is 0.550. The van der Waals surface area contributed by atoms with Gasteiger partial charge < -0.3 is 9.84 Å². The van der Waals surface area contributed by atoms with E-state index in [4.69, 9.17) is 4.74 Å². The van der Waals surface area contributed by atoms with Crippen LogP contribution in [0, 0.1) is 0 Å². The average molecular weight is 318 g/mol. The number of hydrogen-bond acceptors (Lipinski definition) is 3. The molecule has 1 aliphatic heterocycles. The molecule has 0 spiro atoms. The van der Waals surface area contributed by atoms with Crippen LogP contribution in [0.3, 0.4) is 0 Å². The van der Waals surface area contributed by atoms with Crippen LogP contribution in [0.15, 0.2) is 47.6 Å². The molecule has 0 aromatic rings. The molecular weight excluding hydrogens is 288 g/mol. The molecule has 1 N–H and O–H groups in total. The summed E-state index contributed by atoms with van der Waals surface area (Å²) in [6, 6.07) is 0. The molecule has 0 aromatic carbocycles. The largest absolute Gasteiger partial charge is 0.453 e. The number of hydrogen-bond donors (Lipinski definition) is 1. The second-order valence-electron chi connectivity index (χ2n) is 6.80. The van der Waals surface area contributed by atoms with Crippen molar-refractivity contribution in [2.45, 2.75) is 71.5 Å². The molecular formula is C20H30O3. The molecule has 1 rings (SSSR count). The van der Waals surface area contributed by atoms with E-state index in [0.29, 0.717) is 12.8 Å². The molecule has 128 valence electrons. The van der Waals surface area contributed by atoms with E-state index in [2.05, 4.69) is 25.7 Å². The summed E-state index contributed by atoms with van der Waals surface area (Å²) < 4.78 is 5.32. The van der Waals surface area contributed by atoms with Crippen molar-refractivity contribution >= 4 is 5.97 Å². The van der Waals surface area contributed by atoms with Gasteiger partial charge >= 0.3 is 5.97 Å². The fourth-order valence-corrected chi connectivity index (χ4v) is 2.46. The summed E-state index contributed by atoms with van der Waals surface area (Å²) in [5.41, 5.74) is 2.72. The molecule has 0 radical (unpaired) electrons. The highest BCUT2D eigenvalue weighted by Crippen LogP contribution is 2.24. The van der Waals surface area contributed by atoms with Crippen molar-refractivity contribution in [1.29, 1.82) is 0 Å². The van der Waals surface area contributed by atoms with Gasteiger partial charge in [0.25, 0.3) is 0 Å². The Morgan fingerprint density at radius 3 is 2.70 bits per heavy atom. The first-order chi connectivity index (χ1) is 10.7. The maximum absolute atomic E-state index is 11.5. The summed E-state index contributed by atoms with van der Waals surface area (Å²) in [6.07, 6.45) is 11.5. The van der Waals surface area contributed by atoms with Crippen LogP contribution in [0.2, 0.25) is 0 Å². The van der Waals surface area contributed by atoms with Gasteiger partial charge in [-0.2, -0.15) is 0 Å². The maximum Gasteiger partial charge on any atom is 0.310 e. The molecule has 0 aliphatic carbocycles. The van der Waals surface area contributed by atoms with Crippen LogP contribution < -0.4 is 0 Å². The fourth-order valence-electron chi connectivity index (χ4n) is 2.46. The van der Waals surface area contributed by atoms with Crippen LogP contribution in [-0.2, 0) is 9.53 Å². The number of ether oxygens (including phenoxy) is 1. The van der Waals surface area contributed by atoms with Gasteiger partial charge in [-0.05, 0) is 65.0 Å². The van der Waals surface area contributed by atoms with Crippen molar-refractivity contribution in [3.63, 3.8) is 0 Å². The lowest BCUT2D eigenvalue weighted by Crippen LogP contribution is -2.19. The minimum atomic E-state index is -0.794. The number of carbonyl (C=O) groups excluding carboxylic acids is 1. The zero-order valence-electron chi connectivity index (χ0n) is 14.9. The van der Waals surface area contributed by atoms with E-state index in [1.807, 2.05) is 19.9 Å². The first-order valence-electron chi connectivity index (χ1n) is 8.28. The summed E-state index contributed by atoms with van der Waals surface area (Å²) in [5.74, 6) is -0.141. The summed E-state index contributed by atoms with van der Waals surface area (Å²) in [7, 11) is 0. The summed E-state index contributed by atoms with van der Waals surface area (Å²) >= 11 is 0. The van der Waals surface area contributed by atoms with E-state index in [-0.39, 0.29) is 12.1 Å². The minimum Gasteiger partial charge on any atom is -0.453 e. The Morgan fingerprint density at radius 1 is 1.39 bits per heavy atom. The predicted molar refractivity (Wildman–Crippen MR) is 95.1 cm³/mol. The Morgan fingerprint density at radius 2 is 2.09 bits per heavy atom. The molecule has 0 unspecified atom stereocenters. The van der Waals surface area contributed by atoms with Crippen LogP contribution in [0.4, 0.5) is 0 Å². The SMILES string of the molecule is C=C[C@@](C)(O)CCC=C(C)CCC=C1CC(=O)O[C@H]1C=C(C)C. The molecule has 0 amide bonds. The predicted octanol–water partition coefficient (Wildman–Crippen LogP) is 4.64. The molecule has 1 saturated heterocycles. The average Bonchev–Trinajstić information content (AvgIpc) is 2.78. The first kappa shape index (κ1) is 19.4. The molecule has 0 aromatic heterocycles.